The molecule has 1 unspecified atom stereocenters. The van der Waals surface area contributed by atoms with E-state index in [4.69, 9.17) is 9.90 Å². The Kier molecular flexibility index (Phi) is 8.12. The second-order valence-electron chi connectivity index (χ2n) is 8.67. The Morgan fingerprint density at radius 2 is 1.97 bits per heavy atom. The summed E-state index contributed by atoms with van der Waals surface area (Å²) in [6.07, 6.45) is 0.887. The van der Waals surface area contributed by atoms with Crippen molar-refractivity contribution in [2.24, 2.45) is 5.92 Å². The average molecular weight is 467 g/mol. The number of rotatable bonds is 7. The van der Waals surface area contributed by atoms with Crippen molar-refractivity contribution in [3.05, 3.63) is 53.3 Å². The van der Waals surface area contributed by atoms with Crippen molar-refractivity contribution >= 4 is 11.9 Å². The standard InChI is InChI=1S/C21H28N4O.C2HF3O2/c1-16-3-2-4-18(11-16)13-24-14-19(25-20(15-24)8-10-23-25)7-9-22-21(26)12-17-5-6-17;3-2(4,5)1(6)7/h2-4,8,10-11,17,19H,5-7,9,12-15H2,1H3,(H,22,26);(H,6,7). The number of nitrogens with one attached hydrogen (secondary N) is 1. The first kappa shape index (κ1) is 24.8. The van der Waals surface area contributed by atoms with Gasteiger partial charge in [-0.05, 0) is 43.7 Å². The van der Waals surface area contributed by atoms with Crippen LogP contribution < -0.4 is 5.32 Å². The van der Waals surface area contributed by atoms with Gasteiger partial charge in [-0.3, -0.25) is 14.4 Å². The van der Waals surface area contributed by atoms with Gasteiger partial charge in [0.15, 0.2) is 0 Å². The van der Waals surface area contributed by atoms with Crippen LogP contribution in [0.25, 0.3) is 0 Å². The quantitative estimate of drug-likeness (QED) is 0.650. The van der Waals surface area contributed by atoms with Crippen molar-refractivity contribution in [3.63, 3.8) is 0 Å². The average Bonchev–Trinajstić information content (AvgIpc) is 3.40. The van der Waals surface area contributed by atoms with Crippen LogP contribution >= 0.6 is 0 Å². The zero-order valence-electron chi connectivity index (χ0n) is 18.5. The number of carboxylic acids is 1. The van der Waals surface area contributed by atoms with E-state index in [1.165, 1.54) is 29.7 Å². The lowest BCUT2D eigenvalue weighted by molar-refractivity contribution is -0.192. The molecule has 4 rings (SSSR count). The fourth-order valence-corrected chi connectivity index (χ4v) is 3.90. The molecule has 2 aliphatic rings. The third-order valence-electron chi connectivity index (χ3n) is 5.65. The normalized spacial score (nSPS) is 18.1. The van der Waals surface area contributed by atoms with Crippen molar-refractivity contribution in [1.29, 1.82) is 0 Å². The van der Waals surface area contributed by atoms with Crippen LogP contribution in [0.4, 0.5) is 13.2 Å². The Hall–Kier alpha value is -2.88. The van der Waals surface area contributed by atoms with Crippen LogP contribution in [0.5, 0.6) is 0 Å². The number of amides is 1. The molecule has 0 spiro atoms. The highest BCUT2D eigenvalue weighted by atomic mass is 19.4. The first-order chi connectivity index (χ1) is 15.6. The van der Waals surface area contributed by atoms with Crippen LogP contribution in [0.2, 0.25) is 0 Å². The summed E-state index contributed by atoms with van der Waals surface area (Å²) in [5.41, 5.74) is 3.92. The highest BCUT2D eigenvalue weighted by molar-refractivity contribution is 5.76. The van der Waals surface area contributed by atoms with E-state index in [9.17, 15) is 18.0 Å². The highest BCUT2D eigenvalue weighted by Gasteiger charge is 2.38. The Morgan fingerprint density at radius 1 is 1.24 bits per heavy atom. The molecule has 2 N–H and O–H groups in total. The monoisotopic (exact) mass is 466 g/mol. The van der Waals surface area contributed by atoms with Gasteiger partial charge in [0, 0.05) is 38.8 Å². The zero-order valence-corrected chi connectivity index (χ0v) is 18.5. The molecule has 180 valence electrons. The molecular formula is C23H29F3N4O3. The number of aromatic nitrogens is 2. The number of nitrogens with zero attached hydrogens (tertiary/aromatic N) is 3. The predicted octanol–water partition coefficient (Wildman–Crippen LogP) is 3.69. The lowest BCUT2D eigenvalue weighted by atomic mass is 10.1. The lowest BCUT2D eigenvalue weighted by Crippen LogP contribution is -2.39. The number of hydrogen-bond acceptors (Lipinski definition) is 4. The van der Waals surface area contributed by atoms with Gasteiger partial charge in [-0.25, -0.2) is 4.79 Å². The fourth-order valence-electron chi connectivity index (χ4n) is 3.90. The summed E-state index contributed by atoms with van der Waals surface area (Å²) in [4.78, 5) is 23.3. The van der Waals surface area contributed by atoms with Gasteiger partial charge < -0.3 is 10.4 Å². The summed E-state index contributed by atoms with van der Waals surface area (Å²) < 4.78 is 33.9. The van der Waals surface area contributed by atoms with Crippen molar-refractivity contribution in [2.75, 3.05) is 13.1 Å². The number of carbonyl (C=O) groups excluding carboxylic acids is 1. The molecule has 1 aromatic carbocycles. The predicted molar refractivity (Wildman–Crippen MR) is 115 cm³/mol. The van der Waals surface area contributed by atoms with Crippen LogP contribution in [0, 0.1) is 12.8 Å². The van der Waals surface area contributed by atoms with E-state index in [1.54, 1.807) is 0 Å². The number of fused-ring (bicyclic) bond motifs is 1. The number of aryl methyl sites for hydroxylation is 1. The largest absolute Gasteiger partial charge is 0.490 e. The third kappa shape index (κ3) is 7.88. The summed E-state index contributed by atoms with van der Waals surface area (Å²) >= 11 is 0. The van der Waals surface area contributed by atoms with Crippen molar-refractivity contribution < 1.29 is 27.9 Å². The number of carboxylic acid groups (broad SMARTS) is 1. The first-order valence-electron chi connectivity index (χ1n) is 11.0. The van der Waals surface area contributed by atoms with E-state index in [0.29, 0.717) is 18.4 Å². The minimum absolute atomic E-state index is 0.209. The summed E-state index contributed by atoms with van der Waals surface area (Å²) in [5, 5.41) is 14.7. The molecule has 7 nitrogen and oxygen atoms in total. The maximum absolute atomic E-state index is 11.9. The molecule has 1 fully saturated rings. The molecule has 10 heteroatoms. The maximum Gasteiger partial charge on any atom is 0.490 e. The van der Waals surface area contributed by atoms with Gasteiger partial charge in [-0.1, -0.05) is 29.8 Å². The summed E-state index contributed by atoms with van der Waals surface area (Å²) in [6.45, 7) is 5.73. The van der Waals surface area contributed by atoms with E-state index in [1.807, 2.05) is 6.20 Å². The minimum atomic E-state index is -5.08. The topological polar surface area (TPSA) is 87.5 Å². The molecule has 1 aliphatic heterocycles. The molecule has 1 atom stereocenters. The number of alkyl halides is 3. The fraction of sp³-hybridized carbons (Fsp3) is 0.522. The second kappa shape index (κ2) is 10.8. The molecular weight excluding hydrogens is 437 g/mol. The first-order valence-corrected chi connectivity index (χ1v) is 11.0. The van der Waals surface area contributed by atoms with E-state index < -0.39 is 12.1 Å². The van der Waals surface area contributed by atoms with Gasteiger partial charge in [0.25, 0.3) is 0 Å². The molecule has 1 amide bonds. The van der Waals surface area contributed by atoms with Gasteiger partial charge >= 0.3 is 12.1 Å². The van der Waals surface area contributed by atoms with Gasteiger partial charge in [-0.15, -0.1) is 0 Å². The number of carbonyl (C=O) groups is 2. The van der Waals surface area contributed by atoms with Gasteiger partial charge in [0.1, 0.15) is 0 Å². The maximum atomic E-state index is 11.9. The van der Waals surface area contributed by atoms with E-state index >= 15 is 0 Å². The molecule has 0 radical (unpaired) electrons. The SMILES string of the molecule is Cc1cccc(CN2Cc3ccnn3C(CCNC(=O)CC3CC3)C2)c1.O=C(O)C(F)(F)F. The van der Waals surface area contributed by atoms with E-state index in [2.05, 4.69) is 57.3 Å². The van der Waals surface area contributed by atoms with Crippen LogP contribution in [0.1, 0.15) is 48.5 Å². The Bertz CT molecular complexity index is 956. The number of halogens is 3. The summed E-state index contributed by atoms with van der Waals surface area (Å²) in [5.74, 6) is -1.90. The van der Waals surface area contributed by atoms with Crippen LogP contribution in [0.3, 0.4) is 0 Å². The zero-order chi connectivity index (χ0) is 24.0. The van der Waals surface area contributed by atoms with E-state index in [0.717, 1.165) is 32.6 Å². The van der Waals surface area contributed by atoms with Gasteiger partial charge in [0.2, 0.25) is 5.91 Å². The Labute approximate surface area is 190 Å². The van der Waals surface area contributed by atoms with Crippen LogP contribution in [-0.4, -0.2) is 50.9 Å². The van der Waals surface area contributed by atoms with Crippen LogP contribution in [-0.2, 0) is 22.7 Å². The smallest absolute Gasteiger partial charge is 0.475 e. The molecule has 1 saturated carbocycles. The molecule has 2 aromatic rings. The second-order valence-corrected chi connectivity index (χ2v) is 8.67. The van der Waals surface area contributed by atoms with Crippen molar-refractivity contribution in [3.8, 4) is 0 Å². The summed E-state index contributed by atoms with van der Waals surface area (Å²) in [7, 11) is 0. The van der Waals surface area contributed by atoms with Crippen molar-refractivity contribution in [2.45, 2.75) is 57.9 Å². The summed E-state index contributed by atoms with van der Waals surface area (Å²) in [6, 6.07) is 11.2. The Balaban J connectivity index is 0.000000383. The molecule has 0 saturated heterocycles. The third-order valence-corrected chi connectivity index (χ3v) is 5.65. The van der Waals surface area contributed by atoms with Gasteiger partial charge in [-0.2, -0.15) is 18.3 Å². The number of aliphatic carboxylic acids is 1. The van der Waals surface area contributed by atoms with Crippen molar-refractivity contribution in [1.82, 2.24) is 20.0 Å². The Morgan fingerprint density at radius 3 is 2.61 bits per heavy atom. The van der Waals surface area contributed by atoms with E-state index in [-0.39, 0.29) is 5.91 Å². The molecule has 33 heavy (non-hydrogen) atoms. The van der Waals surface area contributed by atoms with Gasteiger partial charge in [0.05, 0.1) is 11.7 Å². The minimum Gasteiger partial charge on any atom is -0.475 e. The lowest BCUT2D eigenvalue weighted by Gasteiger charge is -2.34. The molecule has 1 aromatic heterocycles. The molecule has 1 aliphatic carbocycles. The van der Waals surface area contributed by atoms with Crippen LogP contribution in [0.15, 0.2) is 36.5 Å². The number of benzene rings is 1. The number of hydrogen-bond donors (Lipinski definition) is 2. The highest BCUT2D eigenvalue weighted by Crippen LogP contribution is 2.32. The molecule has 0 bridgehead atoms. The molecule has 2 heterocycles.